The first kappa shape index (κ1) is 15.6. The molecule has 0 radical (unpaired) electrons. The molecule has 0 N–H and O–H groups in total. The lowest BCUT2D eigenvalue weighted by Crippen LogP contribution is -2.35. The summed E-state index contributed by atoms with van der Waals surface area (Å²) in [4.78, 5) is 26.3. The molecule has 0 fully saturated rings. The molecule has 6 heteroatoms. The third-order valence-electron chi connectivity index (χ3n) is 3.99. The van der Waals surface area contributed by atoms with Crippen LogP contribution in [0.25, 0.3) is 0 Å². The number of para-hydroxylation sites is 1. The Morgan fingerprint density at radius 3 is 2.78 bits per heavy atom. The van der Waals surface area contributed by atoms with Gasteiger partial charge >= 0.3 is 0 Å². The number of hydrogen-bond acceptors (Lipinski definition) is 4. The van der Waals surface area contributed by atoms with Crippen LogP contribution in [0.4, 0.5) is 11.4 Å². The number of anilines is 1. The van der Waals surface area contributed by atoms with Gasteiger partial charge in [-0.2, -0.15) is 0 Å². The molecule has 0 atom stereocenters. The first-order valence-corrected chi connectivity index (χ1v) is 8.56. The molecular weight excluding hydrogens is 312 g/mol. The maximum absolute atomic E-state index is 13.0. The minimum Gasteiger partial charge on any atom is -0.308 e. The van der Waals surface area contributed by atoms with Crippen LogP contribution in [0.15, 0.2) is 47.4 Å². The number of amides is 1. The molecule has 23 heavy (non-hydrogen) atoms. The highest BCUT2D eigenvalue weighted by Gasteiger charge is 2.28. The number of fused-ring (bicyclic) bond motifs is 1. The second kappa shape index (κ2) is 6.42. The average Bonchev–Trinajstić information content (AvgIpc) is 2.60. The van der Waals surface area contributed by atoms with E-state index >= 15 is 0 Å². The topological polar surface area (TPSA) is 63.5 Å². The molecule has 1 aliphatic rings. The fourth-order valence-electron chi connectivity index (χ4n) is 2.86. The van der Waals surface area contributed by atoms with Crippen molar-refractivity contribution < 1.29 is 9.72 Å². The van der Waals surface area contributed by atoms with Gasteiger partial charge in [0.1, 0.15) is 5.56 Å². The zero-order chi connectivity index (χ0) is 16.4. The summed E-state index contributed by atoms with van der Waals surface area (Å²) in [7, 11) is 0. The van der Waals surface area contributed by atoms with Gasteiger partial charge in [-0.15, -0.1) is 11.8 Å². The normalized spacial score (nSPS) is 13.5. The highest BCUT2D eigenvalue weighted by atomic mass is 32.2. The number of rotatable bonds is 3. The first-order chi connectivity index (χ1) is 11.1. The van der Waals surface area contributed by atoms with E-state index in [0.29, 0.717) is 6.54 Å². The van der Waals surface area contributed by atoms with Gasteiger partial charge < -0.3 is 4.90 Å². The molecule has 1 aliphatic heterocycles. The van der Waals surface area contributed by atoms with Gasteiger partial charge in [0.05, 0.1) is 4.92 Å². The number of nitrogens with zero attached hydrogens (tertiary/aromatic N) is 2. The van der Waals surface area contributed by atoms with Crippen molar-refractivity contribution in [2.24, 2.45) is 0 Å². The van der Waals surface area contributed by atoms with Crippen molar-refractivity contribution in [3.05, 3.63) is 63.7 Å². The summed E-state index contributed by atoms with van der Waals surface area (Å²) >= 11 is 1.46. The van der Waals surface area contributed by atoms with Crippen LogP contribution in [0.1, 0.15) is 22.3 Å². The van der Waals surface area contributed by atoms with Gasteiger partial charge in [-0.25, -0.2) is 0 Å². The molecule has 0 aliphatic carbocycles. The molecule has 0 saturated carbocycles. The molecule has 0 bridgehead atoms. The Morgan fingerprint density at radius 2 is 2.04 bits per heavy atom. The van der Waals surface area contributed by atoms with Crippen LogP contribution >= 0.6 is 11.8 Å². The predicted molar refractivity (Wildman–Crippen MR) is 91.3 cm³/mol. The number of hydrogen-bond donors (Lipinski definition) is 0. The van der Waals surface area contributed by atoms with E-state index in [1.807, 2.05) is 30.5 Å². The monoisotopic (exact) mass is 328 g/mol. The van der Waals surface area contributed by atoms with Crippen LogP contribution in [-0.4, -0.2) is 23.6 Å². The van der Waals surface area contributed by atoms with E-state index in [1.54, 1.807) is 17.0 Å². The Kier molecular flexibility index (Phi) is 4.34. The lowest BCUT2D eigenvalue weighted by Gasteiger charge is -2.29. The summed E-state index contributed by atoms with van der Waals surface area (Å²) in [5.74, 6) is -0.306. The highest BCUT2D eigenvalue weighted by Crippen LogP contribution is 2.31. The highest BCUT2D eigenvalue weighted by molar-refractivity contribution is 7.98. The summed E-state index contributed by atoms with van der Waals surface area (Å²) in [5, 5.41) is 11.3. The molecule has 0 saturated heterocycles. The molecule has 2 aromatic carbocycles. The number of carbonyl (C=O) groups is 1. The first-order valence-electron chi connectivity index (χ1n) is 7.34. The van der Waals surface area contributed by atoms with Crippen LogP contribution in [0.3, 0.4) is 0 Å². The van der Waals surface area contributed by atoms with E-state index < -0.39 is 4.92 Å². The quantitative estimate of drug-likeness (QED) is 0.487. The Balaban J connectivity index is 2.06. The molecule has 118 valence electrons. The molecule has 0 unspecified atom stereocenters. The Morgan fingerprint density at radius 1 is 1.26 bits per heavy atom. The predicted octanol–water partition coefficient (Wildman–Crippen LogP) is 3.91. The van der Waals surface area contributed by atoms with Crippen molar-refractivity contribution in [2.45, 2.75) is 17.7 Å². The zero-order valence-corrected chi connectivity index (χ0v) is 13.5. The van der Waals surface area contributed by atoms with Crippen molar-refractivity contribution in [1.29, 1.82) is 0 Å². The number of thioether (sulfide) groups is 1. The molecule has 0 aromatic heterocycles. The number of nitro groups is 1. The molecular formula is C17H16N2O3S. The smallest absolute Gasteiger partial charge is 0.282 e. The van der Waals surface area contributed by atoms with Crippen molar-refractivity contribution >= 4 is 29.0 Å². The van der Waals surface area contributed by atoms with Crippen molar-refractivity contribution in [1.82, 2.24) is 0 Å². The average molecular weight is 328 g/mol. The lowest BCUT2D eigenvalue weighted by molar-refractivity contribution is -0.385. The molecule has 0 spiro atoms. The van der Waals surface area contributed by atoms with Gasteiger partial charge in [0.2, 0.25) is 0 Å². The zero-order valence-electron chi connectivity index (χ0n) is 12.7. The summed E-state index contributed by atoms with van der Waals surface area (Å²) in [5.41, 5.74) is 1.97. The van der Waals surface area contributed by atoms with Crippen LogP contribution in [-0.2, 0) is 6.42 Å². The number of carbonyl (C=O) groups excluding carboxylic acids is 1. The second-order valence-corrected chi connectivity index (χ2v) is 6.21. The van der Waals surface area contributed by atoms with Crippen LogP contribution < -0.4 is 4.90 Å². The maximum atomic E-state index is 13.0. The SMILES string of the molecule is CSc1ccc([N+](=O)[O-])c(C(=O)N2CCCc3ccccc32)c1. The van der Waals surface area contributed by atoms with Gasteiger partial charge in [-0.3, -0.25) is 14.9 Å². The summed E-state index contributed by atoms with van der Waals surface area (Å²) < 4.78 is 0. The van der Waals surface area contributed by atoms with E-state index in [2.05, 4.69) is 0 Å². The largest absolute Gasteiger partial charge is 0.308 e. The van der Waals surface area contributed by atoms with E-state index in [0.717, 1.165) is 29.0 Å². The molecule has 3 rings (SSSR count). The number of nitro benzene ring substituents is 1. The number of aryl methyl sites for hydroxylation is 1. The Bertz CT molecular complexity index is 776. The third-order valence-corrected chi connectivity index (χ3v) is 4.71. The van der Waals surface area contributed by atoms with Gasteiger partial charge in [0.25, 0.3) is 11.6 Å². The fourth-order valence-corrected chi connectivity index (χ4v) is 3.30. The van der Waals surface area contributed by atoms with Crippen LogP contribution in [0.5, 0.6) is 0 Å². The molecule has 5 nitrogen and oxygen atoms in total. The Hall–Kier alpha value is -2.34. The number of benzene rings is 2. The Labute approximate surface area is 138 Å². The minimum absolute atomic E-state index is 0.143. The third kappa shape index (κ3) is 2.94. The van der Waals surface area contributed by atoms with Crippen molar-refractivity contribution in [3.63, 3.8) is 0 Å². The van der Waals surface area contributed by atoms with Gasteiger partial charge in [-0.1, -0.05) is 18.2 Å². The lowest BCUT2D eigenvalue weighted by atomic mass is 10.0. The van der Waals surface area contributed by atoms with Crippen LogP contribution in [0, 0.1) is 10.1 Å². The van der Waals surface area contributed by atoms with E-state index in [9.17, 15) is 14.9 Å². The fraction of sp³-hybridized carbons (Fsp3) is 0.235. The summed E-state index contributed by atoms with van der Waals surface area (Å²) in [6.07, 6.45) is 3.66. The second-order valence-electron chi connectivity index (χ2n) is 5.33. The molecule has 1 amide bonds. The van der Waals surface area contributed by atoms with E-state index in [4.69, 9.17) is 0 Å². The van der Waals surface area contributed by atoms with Gasteiger partial charge in [0, 0.05) is 23.2 Å². The van der Waals surface area contributed by atoms with Gasteiger partial charge in [0.15, 0.2) is 0 Å². The molecule has 2 aromatic rings. The summed E-state index contributed by atoms with van der Waals surface area (Å²) in [6, 6.07) is 12.4. The van der Waals surface area contributed by atoms with E-state index in [-0.39, 0.29) is 17.2 Å². The summed E-state index contributed by atoms with van der Waals surface area (Å²) in [6.45, 7) is 0.580. The standard InChI is InChI=1S/C17H16N2O3S/c1-23-13-8-9-16(19(21)22)14(11-13)17(20)18-10-4-6-12-5-2-3-7-15(12)18/h2-3,5,7-9,11H,4,6,10H2,1H3. The van der Waals surface area contributed by atoms with Crippen molar-refractivity contribution in [2.75, 3.05) is 17.7 Å². The van der Waals surface area contributed by atoms with Crippen LogP contribution in [0.2, 0.25) is 0 Å². The van der Waals surface area contributed by atoms with Gasteiger partial charge in [-0.05, 0) is 42.9 Å². The van der Waals surface area contributed by atoms with Crippen molar-refractivity contribution in [3.8, 4) is 0 Å². The van der Waals surface area contributed by atoms with E-state index in [1.165, 1.54) is 17.8 Å². The maximum Gasteiger partial charge on any atom is 0.282 e. The molecule has 1 heterocycles. The minimum atomic E-state index is -0.493.